The van der Waals surface area contributed by atoms with Crippen molar-refractivity contribution in [3.63, 3.8) is 0 Å². The SMILES string of the molecule is COC(=O)C[C@](O)(Cc1ccc(O)cc1)C(=O)OC. The van der Waals surface area contributed by atoms with Crippen molar-refractivity contribution < 1.29 is 29.3 Å². The molecule has 0 aromatic heterocycles. The molecule has 0 heterocycles. The fourth-order valence-corrected chi connectivity index (χ4v) is 1.66. The van der Waals surface area contributed by atoms with Crippen LogP contribution in [-0.2, 0) is 25.5 Å². The Kier molecular flexibility index (Phi) is 4.88. The number of hydrogen-bond acceptors (Lipinski definition) is 6. The van der Waals surface area contributed by atoms with E-state index in [-0.39, 0.29) is 12.2 Å². The largest absolute Gasteiger partial charge is 0.508 e. The van der Waals surface area contributed by atoms with Gasteiger partial charge in [0.25, 0.3) is 0 Å². The predicted molar refractivity (Wildman–Crippen MR) is 65.4 cm³/mol. The quantitative estimate of drug-likeness (QED) is 0.751. The molecule has 0 saturated carbocycles. The summed E-state index contributed by atoms with van der Waals surface area (Å²) in [5.41, 5.74) is -1.41. The van der Waals surface area contributed by atoms with E-state index in [2.05, 4.69) is 9.47 Å². The molecule has 0 amide bonds. The number of methoxy groups -OCH3 is 2. The molecule has 0 aliphatic rings. The van der Waals surface area contributed by atoms with Crippen LogP contribution in [0.1, 0.15) is 12.0 Å². The van der Waals surface area contributed by atoms with Gasteiger partial charge in [0.05, 0.1) is 20.6 Å². The lowest BCUT2D eigenvalue weighted by atomic mass is 9.91. The number of hydrogen-bond donors (Lipinski definition) is 2. The molecule has 6 nitrogen and oxygen atoms in total. The first-order valence-corrected chi connectivity index (χ1v) is 5.57. The van der Waals surface area contributed by atoms with Gasteiger partial charge in [-0.2, -0.15) is 0 Å². The Bertz CT molecular complexity index is 453. The van der Waals surface area contributed by atoms with Crippen LogP contribution in [-0.4, -0.2) is 42.0 Å². The standard InChI is InChI=1S/C13H16O6/c1-18-11(15)8-13(17,12(16)19-2)7-9-3-5-10(14)6-4-9/h3-6,14,17H,7-8H2,1-2H3/t13-/m1/s1. The first-order valence-electron chi connectivity index (χ1n) is 5.57. The Labute approximate surface area is 110 Å². The number of aliphatic hydroxyl groups is 1. The lowest BCUT2D eigenvalue weighted by Crippen LogP contribution is -2.44. The van der Waals surface area contributed by atoms with Crippen molar-refractivity contribution in [2.75, 3.05) is 14.2 Å². The minimum atomic E-state index is -1.99. The molecule has 6 heteroatoms. The van der Waals surface area contributed by atoms with Crippen LogP contribution in [0.25, 0.3) is 0 Å². The smallest absolute Gasteiger partial charge is 0.338 e. The van der Waals surface area contributed by atoms with E-state index in [0.717, 1.165) is 7.11 Å². The number of esters is 2. The lowest BCUT2D eigenvalue weighted by molar-refractivity contribution is -0.169. The summed E-state index contributed by atoms with van der Waals surface area (Å²) in [6, 6.07) is 5.93. The average molecular weight is 268 g/mol. The highest BCUT2D eigenvalue weighted by Gasteiger charge is 2.40. The van der Waals surface area contributed by atoms with Gasteiger partial charge < -0.3 is 19.7 Å². The number of rotatable bonds is 5. The minimum Gasteiger partial charge on any atom is -0.508 e. The summed E-state index contributed by atoms with van der Waals surface area (Å²) in [6.45, 7) is 0. The maximum absolute atomic E-state index is 11.6. The average Bonchev–Trinajstić information content (AvgIpc) is 2.40. The van der Waals surface area contributed by atoms with Crippen LogP contribution in [0.2, 0.25) is 0 Å². The van der Waals surface area contributed by atoms with Crippen LogP contribution in [0.4, 0.5) is 0 Å². The Morgan fingerprint density at radius 1 is 1.16 bits per heavy atom. The summed E-state index contributed by atoms with van der Waals surface area (Å²) in [4.78, 5) is 22.9. The van der Waals surface area contributed by atoms with Crippen LogP contribution in [0, 0.1) is 0 Å². The molecule has 0 radical (unpaired) electrons. The van der Waals surface area contributed by atoms with E-state index >= 15 is 0 Å². The summed E-state index contributed by atoms with van der Waals surface area (Å²) in [7, 11) is 2.29. The van der Waals surface area contributed by atoms with Gasteiger partial charge in [-0.15, -0.1) is 0 Å². The van der Waals surface area contributed by atoms with E-state index < -0.39 is 24.0 Å². The topological polar surface area (TPSA) is 93.1 Å². The summed E-state index contributed by atoms with van der Waals surface area (Å²) in [6.07, 6.45) is -0.619. The van der Waals surface area contributed by atoms with Crippen molar-refractivity contribution >= 4 is 11.9 Å². The number of benzene rings is 1. The molecule has 0 spiro atoms. The van der Waals surface area contributed by atoms with Crippen molar-refractivity contribution in [2.24, 2.45) is 0 Å². The van der Waals surface area contributed by atoms with Crippen molar-refractivity contribution in [1.82, 2.24) is 0 Å². The predicted octanol–water partition coefficient (Wildman–Crippen LogP) is 0.402. The van der Waals surface area contributed by atoms with Crippen molar-refractivity contribution in [3.8, 4) is 5.75 Å². The summed E-state index contributed by atoms with van der Waals surface area (Å²) < 4.78 is 8.96. The molecular weight excluding hydrogens is 252 g/mol. The summed E-state index contributed by atoms with van der Waals surface area (Å²) in [5, 5.41) is 19.4. The maximum atomic E-state index is 11.6. The molecule has 2 N–H and O–H groups in total. The highest BCUT2D eigenvalue weighted by Crippen LogP contribution is 2.21. The van der Waals surface area contributed by atoms with E-state index in [0.29, 0.717) is 5.56 Å². The second-order valence-electron chi connectivity index (χ2n) is 4.12. The molecule has 19 heavy (non-hydrogen) atoms. The van der Waals surface area contributed by atoms with E-state index in [1.807, 2.05) is 0 Å². The highest BCUT2D eigenvalue weighted by molar-refractivity contribution is 5.85. The first kappa shape index (κ1) is 15.0. The Morgan fingerprint density at radius 3 is 2.21 bits per heavy atom. The number of aromatic hydroxyl groups is 1. The number of ether oxygens (including phenoxy) is 2. The van der Waals surface area contributed by atoms with Crippen LogP contribution in [0.15, 0.2) is 24.3 Å². The number of carbonyl (C=O) groups excluding carboxylic acids is 2. The van der Waals surface area contributed by atoms with E-state index in [1.54, 1.807) is 12.1 Å². The van der Waals surface area contributed by atoms with Gasteiger partial charge in [0.2, 0.25) is 0 Å². The fraction of sp³-hybridized carbons (Fsp3) is 0.385. The Morgan fingerprint density at radius 2 is 1.74 bits per heavy atom. The first-order chi connectivity index (χ1) is 8.91. The van der Waals surface area contributed by atoms with Gasteiger partial charge in [-0.3, -0.25) is 4.79 Å². The molecule has 1 rings (SSSR count). The fourth-order valence-electron chi connectivity index (χ4n) is 1.66. The van der Waals surface area contributed by atoms with E-state index in [4.69, 9.17) is 5.11 Å². The third-order valence-electron chi connectivity index (χ3n) is 2.66. The zero-order valence-corrected chi connectivity index (χ0v) is 10.8. The van der Waals surface area contributed by atoms with E-state index in [1.165, 1.54) is 19.2 Å². The molecule has 1 aromatic carbocycles. The van der Waals surface area contributed by atoms with Crippen molar-refractivity contribution in [3.05, 3.63) is 29.8 Å². The van der Waals surface area contributed by atoms with Crippen LogP contribution < -0.4 is 0 Å². The normalized spacial score (nSPS) is 13.4. The molecule has 0 aliphatic heterocycles. The van der Waals surface area contributed by atoms with Crippen LogP contribution in [0.5, 0.6) is 5.75 Å². The van der Waals surface area contributed by atoms with Crippen molar-refractivity contribution in [1.29, 1.82) is 0 Å². The van der Waals surface area contributed by atoms with Crippen LogP contribution in [0.3, 0.4) is 0 Å². The van der Waals surface area contributed by atoms with Gasteiger partial charge in [0, 0.05) is 6.42 Å². The molecule has 0 unspecified atom stereocenters. The number of carbonyl (C=O) groups is 2. The number of phenols is 1. The van der Waals surface area contributed by atoms with Gasteiger partial charge in [-0.25, -0.2) is 4.79 Å². The van der Waals surface area contributed by atoms with Gasteiger partial charge in [-0.05, 0) is 17.7 Å². The van der Waals surface area contributed by atoms with Gasteiger partial charge >= 0.3 is 11.9 Å². The minimum absolute atomic E-state index is 0.0679. The number of phenolic OH excluding ortho intramolecular Hbond substituents is 1. The van der Waals surface area contributed by atoms with Gasteiger partial charge in [0.1, 0.15) is 5.75 Å². The highest BCUT2D eigenvalue weighted by atomic mass is 16.5. The Balaban J connectivity index is 2.94. The zero-order valence-electron chi connectivity index (χ0n) is 10.8. The Hall–Kier alpha value is -2.08. The molecule has 0 saturated heterocycles. The van der Waals surface area contributed by atoms with Gasteiger partial charge in [0.15, 0.2) is 5.60 Å². The van der Waals surface area contributed by atoms with Crippen LogP contribution >= 0.6 is 0 Å². The van der Waals surface area contributed by atoms with E-state index in [9.17, 15) is 14.7 Å². The molecule has 0 bridgehead atoms. The zero-order chi connectivity index (χ0) is 14.5. The summed E-state index contributed by atoms with van der Waals surface area (Å²) in [5.74, 6) is -1.56. The van der Waals surface area contributed by atoms with Gasteiger partial charge in [-0.1, -0.05) is 12.1 Å². The van der Waals surface area contributed by atoms with Crippen molar-refractivity contribution in [2.45, 2.75) is 18.4 Å². The molecule has 1 aromatic rings. The monoisotopic (exact) mass is 268 g/mol. The maximum Gasteiger partial charge on any atom is 0.338 e. The lowest BCUT2D eigenvalue weighted by Gasteiger charge is -2.24. The molecule has 0 aliphatic carbocycles. The molecule has 104 valence electrons. The second-order valence-corrected chi connectivity index (χ2v) is 4.12. The third-order valence-corrected chi connectivity index (χ3v) is 2.66. The molecule has 1 atom stereocenters. The molecular formula is C13H16O6. The third kappa shape index (κ3) is 3.96. The second kappa shape index (κ2) is 6.19. The molecule has 0 fully saturated rings. The summed E-state index contributed by atoms with van der Waals surface area (Å²) >= 11 is 0.